The van der Waals surface area contributed by atoms with E-state index < -0.39 is 0 Å². The number of ether oxygens (including phenoxy) is 2. The zero-order valence-corrected chi connectivity index (χ0v) is 41.2. The average molecular weight is 851 g/mol. The maximum absolute atomic E-state index is 12.8. The van der Waals surface area contributed by atoms with Crippen LogP contribution in [-0.2, 0) is 19.1 Å². The molecule has 2 unspecified atom stereocenters. The molecule has 0 aromatic rings. The molecular weight excluding hydrogens is 745 g/mol. The first kappa shape index (κ1) is 58.8. The first-order chi connectivity index (χ1) is 29.4. The molecule has 7 heteroatoms. The van der Waals surface area contributed by atoms with Crippen LogP contribution in [0.15, 0.2) is 0 Å². The van der Waals surface area contributed by atoms with Crippen molar-refractivity contribution in [3.63, 3.8) is 0 Å². The van der Waals surface area contributed by atoms with Crippen LogP contribution in [0.2, 0.25) is 0 Å². The minimum atomic E-state index is -0.00667. The summed E-state index contributed by atoms with van der Waals surface area (Å²) < 4.78 is 11.8. The number of hydrogen-bond donors (Lipinski definition) is 1. The number of likely N-dealkylation sites (N-methyl/N-ethyl adjacent to an activating group) is 1. The molecule has 0 aromatic heterocycles. The minimum Gasteiger partial charge on any atom is -0.465 e. The zero-order valence-electron chi connectivity index (χ0n) is 41.2. The highest BCUT2D eigenvalue weighted by molar-refractivity contribution is 5.69. The molecule has 0 saturated heterocycles. The van der Waals surface area contributed by atoms with Crippen LogP contribution in [0.5, 0.6) is 0 Å². The lowest BCUT2D eigenvalue weighted by atomic mass is 9.95. The third kappa shape index (κ3) is 42.1. The summed E-state index contributed by atoms with van der Waals surface area (Å²) in [4.78, 5) is 30.6. The molecule has 0 aliphatic carbocycles. The molecule has 0 heterocycles. The number of esters is 2. The van der Waals surface area contributed by atoms with Gasteiger partial charge in [0, 0.05) is 32.5 Å². The van der Waals surface area contributed by atoms with Gasteiger partial charge in [0.05, 0.1) is 13.2 Å². The van der Waals surface area contributed by atoms with E-state index in [1.807, 2.05) is 0 Å². The van der Waals surface area contributed by atoms with E-state index in [-0.39, 0.29) is 11.9 Å². The third-order valence-corrected chi connectivity index (χ3v) is 12.8. The molecule has 0 aliphatic heterocycles. The van der Waals surface area contributed by atoms with Crippen LogP contribution in [0.3, 0.4) is 0 Å². The van der Waals surface area contributed by atoms with Crippen LogP contribution < -0.4 is 0 Å². The van der Waals surface area contributed by atoms with E-state index in [9.17, 15) is 9.59 Å². The molecule has 0 amide bonds. The molecule has 60 heavy (non-hydrogen) atoms. The molecule has 358 valence electrons. The fraction of sp³-hybridized carbons (Fsp3) is 0.962. The lowest BCUT2D eigenvalue weighted by Gasteiger charge is -2.25. The first-order valence-corrected chi connectivity index (χ1v) is 26.7. The van der Waals surface area contributed by atoms with Crippen LogP contribution >= 0.6 is 0 Å². The van der Waals surface area contributed by atoms with Crippen molar-refractivity contribution in [2.24, 2.45) is 11.8 Å². The summed E-state index contributed by atoms with van der Waals surface area (Å²) in [6, 6.07) is 0. The second-order valence-electron chi connectivity index (χ2n) is 18.8. The molecule has 0 aliphatic rings. The van der Waals surface area contributed by atoms with Gasteiger partial charge in [-0.1, -0.05) is 182 Å². The SMILES string of the molecule is CCCCCCCCC(CCCCCC)COC(=O)CCCCCN(CCCCCC(=O)OCC(CCCCCC)CCCCCCCC)CCN(C)CCCCCCO. The quantitative estimate of drug-likeness (QED) is 0.0482. The minimum absolute atomic E-state index is 0.00667. The Bertz CT molecular complexity index is 829. The molecule has 0 fully saturated rings. The predicted molar refractivity (Wildman–Crippen MR) is 259 cm³/mol. The van der Waals surface area contributed by atoms with Crippen molar-refractivity contribution in [2.75, 3.05) is 59.6 Å². The fourth-order valence-corrected chi connectivity index (χ4v) is 8.50. The number of carbonyl (C=O) groups excluding carboxylic acids is 2. The number of unbranched alkanes of at least 4 members (excludes halogenated alkanes) is 23. The standard InChI is InChI=1S/C53H106N2O5/c1-6-10-14-18-20-28-38-50(36-26-16-12-8-3)48-59-52(57)40-30-24-33-43-55(46-45-54(5)42-32-22-23-35-47-56)44-34-25-31-41-53(58)60-49-51(37-27-17-13-9-4)39-29-21-19-15-11-7-2/h50-51,56H,6-49H2,1-5H3. The molecule has 0 spiro atoms. The van der Waals surface area contributed by atoms with Crippen LogP contribution in [0, 0.1) is 11.8 Å². The third-order valence-electron chi connectivity index (χ3n) is 12.8. The van der Waals surface area contributed by atoms with E-state index in [4.69, 9.17) is 14.6 Å². The van der Waals surface area contributed by atoms with Crippen molar-refractivity contribution >= 4 is 11.9 Å². The number of nitrogens with zero attached hydrogens (tertiary/aromatic N) is 2. The van der Waals surface area contributed by atoms with E-state index in [2.05, 4.69) is 44.5 Å². The maximum atomic E-state index is 12.8. The molecular formula is C53H106N2O5. The van der Waals surface area contributed by atoms with E-state index >= 15 is 0 Å². The smallest absolute Gasteiger partial charge is 0.305 e. The van der Waals surface area contributed by atoms with Crippen molar-refractivity contribution in [2.45, 2.75) is 259 Å². The normalized spacial score (nSPS) is 12.7. The number of hydrogen-bond acceptors (Lipinski definition) is 7. The summed E-state index contributed by atoms with van der Waals surface area (Å²) in [6.07, 6.45) is 42.4. The van der Waals surface area contributed by atoms with Crippen LogP contribution in [0.4, 0.5) is 0 Å². The number of aliphatic hydroxyl groups excluding tert-OH is 1. The molecule has 1 N–H and O–H groups in total. The van der Waals surface area contributed by atoms with Gasteiger partial charge in [0.1, 0.15) is 0 Å². The molecule has 0 radical (unpaired) electrons. The topological polar surface area (TPSA) is 79.3 Å². The van der Waals surface area contributed by atoms with Gasteiger partial charge in [-0.3, -0.25) is 9.59 Å². The number of aliphatic hydroxyl groups is 1. The Morgan fingerprint density at radius 3 is 1.15 bits per heavy atom. The van der Waals surface area contributed by atoms with Crippen molar-refractivity contribution in [1.82, 2.24) is 9.80 Å². The molecule has 7 nitrogen and oxygen atoms in total. The summed E-state index contributed by atoms with van der Waals surface area (Å²) in [7, 11) is 2.23. The Labute approximate surface area is 375 Å². The van der Waals surface area contributed by atoms with Crippen molar-refractivity contribution in [3.8, 4) is 0 Å². The van der Waals surface area contributed by atoms with Crippen molar-refractivity contribution < 1.29 is 24.2 Å². The summed E-state index contributed by atoms with van der Waals surface area (Å²) in [5.74, 6) is 1.03. The van der Waals surface area contributed by atoms with Gasteiger partial charge >= 0.3 is 11.9 Å². The van der Waals surface area contributed by atoms with Gasteiger partial charge in [-0.25, -0.2) is 0 Å². The molecule has 0 aromatic carbocycles. The van der Waals surface area contributed by atoms with Gasteiger partial charge in [0.25, 0.3) is 0 Å². The Morgan fingerprint density at radius 2 is 0.733 bits per heavy atom. The fourth-order valence-electron chi connectivity index (χ4n) is 8.50. The predicted octanol–water partition coefficient (Wildman–Crippen LogP) is 14.7. The average Bonchev–Trinajstić information content (AvgIpc) is 3.25. The second kappa shape index (κ2) is 47.3. The maximum Gasteiger partial charge on any atom is 0.305 e. The van der Waals surface area contributed by atoms with Crippen molar-refractivity contribution in [3.05, 3.63) is 0 Å². The van der Waals surface area contributed by atoms with Crippen LogP contribution in [-0.4, -0.2) is 86.4 Å². The number of rotatable bonds is 49. The van der Waals surface area contributed by atoms with E-state index in [0.717, 1.165) is 84.1 Å². The van der Waals surface area contributed by atoms with Gasteiger partial charge in [-0.2, -0.15) is 0 Å². The second-order valence-corrected chi connectivity index (χ2v) is 18.8. The van der Waals surface area contributed by atoms with Gasteiger partial charge < -0.3 is 24.4 Å². The monoisotopic (exact) mass is 851 g/mol. The van der Waals surface area contributed by atoms with Gasteiger partial charge in [-0.05, 0) is 103 Å². The lowest BCUT2D eigenvalue weighted by Crippen LogP contribution is -2.35. The summed E-state index contributed by atoms with van der Waals surface area (Å²) >= 11 is 0. The lowest BCUT2D eigenvalue weighted by molar-refractivity contribution is -0.146. The largest absolute Gasteiger partial charge is 0.465 e. The summed E-state index contributed by atoms with van der Waals surface area (Å²) in [5, 5.41) is 9.09. The zero-order chi connectivity index (χ0) is 44.0. The summed E-state index contributed by atoms with van der Waals surface area (Å²) in [5.41, 5.74) is 0. The Balaban J connectivity index is 4.74. The highest BCUT2D eigenvalue weighted by Gasteiger charge is 2.15. The van der Waals surface area contributed by atoms with E-state index in [0.29, 0.717) is 44.5 Å². The van der Waals surface area contributed by atoms with Gasteiger partial charge in [-0.15, -0.1) is 0 Å². The highest BCUT2D eigenvalue weighted by Crippen LogP contribution is 2.21. The van der Waals surface area contributed by atoms with Gasteiger partial charge in [0.15, 0.2) is 0 Å². The van der Waals surface area contributed by atoms with Crippen LogP contribution in [0.25, 0.3) is 0 Å². The van der Waals surface area contributed by atoms with Crippen molar-refractivity contribution in [1.29, 1.82) is 0 Å². The first-order valence-electron chi connectivity index (χ1n) is 26.7. The Hall–Kier alpha value is -1.18. The summed E-state index contributed by atoms with van der Waals surface area (Å²) in [6.45, 7) is 15.9. The van der Waals surface area contributed by atoms with Gasteiger partial charge in [0.2, 0.25) is 0 Å². The van der Waals surface area contributed by atoms with E-state index in [1.54, 1.807) is 0 Å². The Morgan fingerprint density at radius 1 is 0.400 bits per heavy atom. The molecule has 0 bridgehead atoms. The molecule has 2 atom stereocenters. The number of carbonyl (C=O) groups is 2. The molecule has 0 rings (SSSR count). The highest BCUT2D eigenvalue weighted by atomic mass is 16.5. The Kier molecular flexibility index (Phi) is 46.4. The molecule has 0 saturated carbocycles. The van der Waals surface area contributed by atoms with Crippen LogP contribution in [0.1, 0.15) is 259 Å². The van der Waals surface area contributed by atoms with E-state index in [1.165, 1.54) is 167 Å².